The number of hydrogen-bond acceptors (Lipinski definition) is 3. The zero-order chi connectivity index (χ0) is 13.0. The van der Waals surface area contributed by atoms with Crippen LogP contribution in [0.25, 0.3) is 5.82 Å². The van der Waals surface area contributed by atoms with E-state index < -0.39 is 0 Å². The summed E-state index contributed by atoms with van der Waals surface area (Å²) < 4.78 is 2.06. The van der Waals surface area contributed by atoms with E-state index >= 15 is 0 Å². The molecule has 2 heterocycles. The van der Waals surface area contributed by atoms with Crippen LogP contribution in [0.3, 0.4) is 0 Å². The van der Waals surface area contributed by atoms with Gasteiger partial charge in [-0.1, -0.05) is 6.92 Å². The van der Waals surface area contributed by atoms with Crippen molar-refractivity contribution in [3.8, 4) is 5.82 Å². The van der Waals surface area contributed by atoms with Crippen molar-refractivity contribution in [3.05, 3.63) is 42.1 Å². The molecule has 18 heavy (non-hydrogen) atoms. The van der Waals surface area contributed by atoms with Crippen LogP contribution in [0.1, 0.15) is 37.7 Å². The summed E-state index contributed by atoms with van der Waals surface area (Å²) in [5.41, 5.74) is 1.23. The van der Waals surface area contributed by atoms with E-state index in [1.54, 1.807) is 0 Å². The van der Waals surface area contributed by atoms with E-state index in [0.29, 0.717) is 6.04 Å². The van der Waals surface area contributed by atoms with Crippen LogP contribution in [0.5, 0.6) is 0 Å². The van der Waals surface area contributed by atoms with Crippen LogP contribution in [-0.4, -0.2) is 21.6 Å². The molecule has 0 amide bonds. The molecule has 0 fully saturated rings. The van der Waals surface area contributed by atoms with E-state index in [1.807, 2.05) is 31.7 Å². The van der Waals surface area contributed by atoms with Gasteiger partial charge in [0, 0.05) is 31.1 Å². The Balaban J connectivity index is 2.35. The van der Waals surface area contributed by atoms with Crippen LogP contribution in [0, 0.1) is 0 Å². The second-order valence-electron chi connectivity index (χ2n) is 4.42. The third kappa shape index (κ3) is 2.59. The molecular formula is C14H20N4. The number of aryl methyl sites for hydroxylation is 1. The number of hydrogen-bond donors (Lipinski definition) is 1. The maximum atomic E-state index is 4.44. The smallest absolute Gasteiger partial charge is 0.138 e. The van der Waals surface area contributed by atoms with E-state index in [4.69, 9.17) is 0 Å². The molecule has 4 nitrogen and oxygen atoms in total. The van der Waals surface area contributed by atoms with Crippen molar-refractivity contribution >= 4 is 0 Å². The van der Waals surface area contributed by atoms with Crippen molar-refractivity contribution in [2.24, 2.45) is 0 Å². The third-order valence-electron chi connectivity index (χ3n) is 3.14. The predicted octanol–water partition coefficient (Wildman–Crippen LogP) is 2.50. The SMILES string of the molecule is CCCc1nccn1-c1cc(C(C)NC)ccn1. The summed E-state index contributed by atoms with van der Waals surface area (Å²) in [6, 6.07) is 4.48. The molecule has 0 bridgehead atoms. The summed E-state index contributed by atoms with van der Waals surface area (Å²) in [5, 5.41) is 3.24. The van der Waals surface area contributed by atoms with Crippen LogP contribution in [0.2, 0.25) is 0 Å². The maximum absolute atomic E-state index is 4.44. The van der Waals surface area contributed by atoms with E-state index in [9.17, 15) is 0 Å². The molecule has 0 aliphatic rings. The molecule has 1 unspecified atom stereocenters. The lowest BCUT2D eigenvalue weighted by molar-refractivity contribution is 0.650. The van der Waals surface area contributed by atoms with Crippen molar-refractivity contribution in [1.82, 2.24) is 19.9 Å². The minimum Gasteiger partial charge on any atom is -0.313 e. The standard InChI is InChI=1S/C14H20N4/c1-4-5-13-17-8-9-18(13)14-10-12(6-7-16-14)11(2)15-3/h6-11,15H,4-5H2,1-3H3. The molecule has 2 aromatic heterocycles. The average Bonchev–Trinajstić information content (AvgIpc) is 2.87. The van der Waals surface area contributed by atoms with Crippen LogP contribution < -0.4 is 5.32 Å². The van der Waals surface area contributed by atoms with Crippen molar-refractivity contribution in [1.29, 1.82) is 0 Å². The highest BCUT2D eigenvalue weighted by Crippen LogP contribution is 2.16. The fraction of sp³-hybridized carbons (Fsp3) is 0.429. The molecule has 1 N–H and O–H groups in total. The largest absolute Gasteiger partial charge is 0.313 e. The molecule has 0 spiro atoms. The van der Waals surface area contributed by atoms with Crippen LogP contribution >= 0.6 is 0 Å². The Kier molecular flexibility index (Phi) is 4.10. The molecule has 0 aliphatic carbocycles. The Morgan fingerprint density at radius 1 is 1.33 bits per heavy atom. The van der Waals surface area contributed by atoms with Gasteiger partial charge in [0.1, 0.15) is 11.6 Å². The van der Waals surface area contributed by atoms with Gasteiger partial charge in [-0.05, 0) is 38.1 Å². The zero-order valence-electron chi connectivity index (χ0n) is 11.2. The molecule has 96 valence electrons. The number of nitrogens with zero attached hydrogens (tertiary/aromatic N) is 3. The van der Waals surface area contributed by atoms with E-state index in [1.165, 1.54) is 5.56 Å². The minimum absolute atomic E-state index is 0.324. The number of aromatic nitrogens is 3. The highest BCUT2D eigenvalue weighted by atomic mass is 15.1. The lowest BCUT2D eigenvalue weighted by Gasteiger charge is -2.12. The Hall–Kier alpha value is -1.68. The van der Waals surface area contributed by atoms with Crippen LogP contribution in [0.15, 0.2) is 30.7 Å². The summed E-state index contributed by atoms with van der Waals surface area (Å²) in [7, 11) is 1.96. The molecule has 2 aromatic rings. The van der Waals surface area contributed by atoms with Gasteiger partial charge in [0.15, 0.2) is 0 Å². The average molecular weight is 244 g/mol. The van der Waals surface area contributed by atoms with Crippen molar-refractivity contribution in [3.63, 3.8) is 0 Å². The van der Waals surface area contributed by atoms with Crippen molar-refractivity contribution in [2.45, 2.75) is 32.7 Å². The third-order valence-corrected chi connectivity index (χ3v) is 3.14. The number of nitrogens with one attached hydrogen (secondary N) is 1. The fourth-order valence-electron chi connectivity index (χ4n) is 1.95. The molecule has 4 heteroatoms. The number of pyridine rings is 1. The van der Waals surface area contributed by atoms with Gasteiger partial charge in [-0.25, -0.2) is 9.97 Å². The Bertz CT molecular complexity index is 504. The first-order valence-electron chi connectivity index (χ1n) is 6.42. The second kappa shape index (κ2) is 5.78. The first kappa shape index (κ1) is 12.8. The van der Waals surface area contributed by atoms with Crippen LogP contribution in [0.4, 0.5) is 0 Å². The molecular weight excluding hydrogens is 224 g/mol. The fourth-order valence-corrected chi connectivity index (χ4v) is 1.95. The lowest BCUT2D eigenvalue weighted by atomic mass is 10.1. The normalized spacial score (nSPS) is 12.6. The van der Waals surface area contributed by atoms with Gasteiger partial charge in [-0.15, -0.1) is 0 Å². The first-order chi connectivity index (χ1) is 8.76. The second-order valence-corrected chi connectivity index (χ2v) is 4.42. The van der Waals surface area contributed by atoms with E-state index in [2.05, 4.69) is 39.8 Å². The van der Waals surface area contributed by atoms with Gasteiger partial charge in [0.25, 0.3) is 0 Å². The maximum Gasteiger partial charge on any atom is 0.138 e. The molecule has 0 aromatic carbocycles. The Morgan fingerprint density at radius 2 is 2.17 bits per heavy atom. The Labute approximate surface area is 108 Å². The Morgan fingerprint density at radius 3 is 2.89 bits per heavy atom. The topological polar surface area (TPSA) is 42.7 Å². The van der Waals surface area contributed by atoms with Crippen molar-refractivity contribution < 1.29 is 0 Å². The van der Waals surface area contributed by atoms with Crippen LogP contribution in [-0.2, 0) is 6.42 Å². The highest BCUT2D eigenvalue weighted by molar-refractivity contribution is 5.31. The quantitative estimate of drug-likeness (QED) is 0.878. The molecule has 1 atom stereocenters. The molecule has 0 radical (unpaired) electrons. The minimum atomic E-state index is 0.324. The molecule has 0 saturated carbocycles. The van der Waals surface area contributed by atoms with E-state index in [-0.39, 0.29) is 0 Å². The number of rotatable bonds is 5. The summed E-state index contributed by atoms with van der Waals surface area (Å²) in [6.07, 6.45) is 7.72. The van der Waals surface area contributed by atoms with Gasteiger partial charge in [-0.3, -0.25) is 4.57 Å². The molecule has 2 rings (SSSR count). The lowest BCUT2D eigenvalue weighted by Crippen LogP contribution is -2.13. The number of imidazole rings is 1. The predicted molar refractivity (Wildman–Crippen MR) is 72.8 cm³/mol. The van der Waals surface area contributed by atoms with Gasteiger partial charge in [0.05, 0.1) is 0 Å². The highest BCUT2D eigenvalue weighted by Gasteiger charge is 2.08. The van der Waals surface area contributed by atoms with Gasteiger partial charge in [-0.2, -0.15) is 0 Å². The summed E-state index contributed by atoms with van der Waals surface area (Å²) in [5.74, 6) is 2.01. The van der Waals surface area contributed by atoms with Gasteiger partial charge < -0.3 is 5.32 Å². The zero-order valence-corrected chi connectivity index (χ0v) is 11.2. The first-order valence-corrected chi connectivity index (χ1v) is 6.42. The van der Waals surface area contributed by atoms with Gasteiger partial charge >= 0.3 is 0 Å². The summed E-state index contributed by atoms with van der Waals surface area (Å²) in [4.78, 5) is 8.82. The van der Waals surface area contributed by atoms with E-state index in [0.717, 1.165) is 24.5 Å². The summed E-state index contributed by atoms with van der Waals surface area (Å²) >= 11 is 0. The van der Waals surface area contributed by atoms with Gasteiger partial charge in [0.2, 0.25) is 0 Å². The van der Waals surface area contributed by atoms with Crippen molar-refractivity contribution in [2.75, 3.05) is 7.05 Å². The monoisotopic (exact) mass is 244 g/mol. The summed E-state index contributed by atoms with van der Waals surface area (Å²) in [6.45, 7) is 4.30. The molecule has 0 saturated heterocycles. The molecule has 0 aliphatic heterocycles.